The minimum atomic E-state index is -1.02. The second-order valence-electron chi connectivity index (χ2n) is 10.5. The van der Waals surface area contributed by atoms with E-state index in [2.05, 4.69) is 15.6 Å². The molecule has 0 radical (unpaired) electrons. The third-order valence-corrected chi connectivity index (χ3v) is 7.22. The lowest BCUT2D eigenvalue weighted by Crippen LogP contribution is -2.56. The van der Waals surface area contributed by atoms with Gasteiger partial charge in [0.05, 0.1) is 11.7 Å². The zero-order valence-corrected chi connectivity index (χ0v) is 22.7. The van der Waals surface area contributed by atoms with Crippen molar-refractivity contribution in [1.82, 2.24) is 10.6 Å². The molecule has 0 heterocycles. The van der Waals surface area contributed by atoms with Crippen LogP contribution in [0.5, 0.6) is 0 Å². The molecule has 3 amide bonds. The lowest BCUT2D eigenvalue weighted by molar-refractivity contribution is -0.132. The number of hydrogen-bond donors (Lipinski definition) is 6. The lowest BCUT2D eigenvalue weighted by Gasteiger charge is -2.26. The fraction of sp³-hybridized carbons (Fsp3) is 0.448. The Morgan fingerprint density at radius 3 is 2.00 bits per heavy atom. The topological polar surface area (TPSA) is 192 Å². The smallest absolute Gasteiger partial charge is 0.243 e. The molecule has 11 heteroatoms. The maximum absolute atomic E-state index is 13.3. The molecular weight excluding hydrogens is 513 g/mol. The Morgan fingerprint density at radius 2 is 1.40 bits per heavy atom. The second kappa shape index (κ2) is 15.0. The van der Waals surface area contributed by atoms with Crippen molar-refractivity contribution in [3.8, 4) is 0 Å². The van der Waals surface area contributed by atoms with Crippen molar-refractivity contribution in [2.24, 2.45) is 33.8 Å². The summed E-state index contributed by atoms with van der Waals surface area (Å²) in [5.41, 5.74) is 24.6. The third-order valence-electron chi connectivity index (χ3n) is 7.22. The Labute approximate surface area is 234 Å². The van der Waals surface area contributed by atoms with E-state index in [1.165, 1.54) is 30.7 Å². The molecule has 1 saturated carbocycles. The van der Waals surface area contributed by atoms with Gasteiger partial charge in [0.1, 0.15) is 17.9 Å². The SMILES string of the molecule is NC(=O)[C@H](Cc1ccc(F)cc1)NC(=O)[C@H](CCC1CCCCC1)NC(=O)[C@@H](N)Cc1ccc(N=C(N)N)cc1. The van der Waals surface area contributed by atoms with Crippen LogP contribution in [0.4, 0.5) is 10.1 Å². The third kappa shape index (κ3) is 9.96. The number of aliphatic imine (C=N–C) groups is 1. The van der Waals surface area contributed by atoms with Gasteiger partial charge in [-0.2, -0.15) is 0 Å². The van der Waals surface area contributed by atoms with Gasteiger partial charge in [-0.25, -0.2) is 9.38 Å². The molecule has 1 aliphatic carbocycles. The first-order valence-corrected chi connectivity index (χ1v) is 13.7. The molecule has 0 spiro atoms. The predicted molar refractivity (Wildman–Crippen MR) is 153 cm³/mol. The zero-order valence-electron chi connectivity index (χ0n) is 22.7. The van der Waals surface area contributed by atoms with Gasteiger partial charge >= 0.3 is 0 Å². The van der Waals surface area contributed by atoms with Gasteiger partial charge in [-0.15, -0.1) is 0 Å². The number of guanidine groups is 1. The van der Waals surface area contributed by atoms with E-state index in [0.29, 0.717) is 23.6 Å². The number of benzene rings is 2. The summed E-state index contributed by atoms with van der Waals surface area (Å²) >= 11 is 0. The first kappa shape index (κ1) is 30.6. The summed E-state index contributed by atoms with van der Waals surface area (Å²) < 4.78 is 13.3. The molecule has 2 aromatic rings. The average molecular weight is 554 g/mol. The van der Waals surface area contributed by atoms with Gasteiger partial charge in [-0.3, -0.25) is 14.4 Å². The standard InChI is InChI=1S/C29H40FN7O3/c30-21-11-6-20(7-12-21)17-25(26(32)38)37-28(40)24(15-10-18-4-2-1-3-5-18)36-27(39)23(31)16-19-8-13-22(14-9-19)35-29(33)34/h6-9,11-14,18,23-25H,1-5,10,15-17,31H2,(H2,32,38)(H,36,39)(H,37,40)(H4,33,34,35)/t23-,24-,25-/m0/s1. The number of amides is 3. The van der Waals surface area contributed by atoms with Gasteiger partial charge in [0.15, 0.2) is 5.96 Å². The van der Waals surface area contributed by atoms with Crippen LogP contribution in [0, 0.1) is 11.7 Å². The molecule has 0 saturated heterocycles. The summed E-state index contributed by atoms with van der Waals surface area (Å²) in [4.78, 5) is 42.5. The van der Waals surface area contributed by atoms with Gasteiger partial charge in [0, 0.05) is 6.42 Å². The van der Waals surface area contributed by atoms with E-state index in [4.69, 9.17) is 22.9 Å². The number of nitrogens with one attached hydrogen (secondary N) is 2. The molecule has 216 valence electrons. The first-order valence-electron chi connectivity index (χ1n) is 13.7. The highest BCUT2D eigenvalue weighted by molar-refractivity contribution is 5.92. The van der Waals surface area contributed by atoms with Crippen LogP contribution in [0.3, 0.4) is 0 Å². The summed E-state index contributed by atoms with van der Waals surface area (Å²) in [7, 11) is 0. The van der Waals surface area contributed by atoms with Crippen LogP contribution >= 0.6 is 0 Å². The van der Waals surface area contributed by atoms with Crippen molar-refractivity contribution < 1.29 is 18.8 Å². The van der Waals surface area contributed by atoms with Crippen molar-refractivity contribution in [2.75, 3.05) is 0 Å². The molecule has 2 aromatic carbocycles. The summed E-state index contributed by atoms with van der Waals surface area (Å²) in [5.74, 6) is -1.71. The van der Waals surface area contributed by atoms with Crippen LogP contribution in [-0.4, -0.2) is 41.8 Å². The summed E-state index contributed by atoms with van der Waals surface area (Å²) in [5, 5.41) is 5.48. The average Bonchev–Trinajstić information content (AvgIpc) is 2.92. The highest BCUT2D eigenvalue weighted by atomic mass is 19.1. The number of carbonyl (C=O) groups is 3. The Kier molecular flexibility index (Phi) is 11.4. The number of carbonyl (C=O) groups excluding carboxylic acids is 3. The van der Waals surface area contributed by atoms with E-state index < -0.39 is 41.7 Å². The number of halogens is 1. The highest BCUT2D eigenvalue weighted by Crippen LogP contribution is 2.28. The van der Waals surface area contributed by atoms with E-state index >= 15 is 0 Å². The largest absolute Gasteiger partial charge is 0.370 e. The van der Waals surface area contributed by atoms with Crippen LogP contribution in [-0.2, 0) is 27.2 Å². The molecular formula is C29H40FN7O3. The monoisotopic (exact) mass is 553 g/mol. The molecule has 3 rings (SSSR count). The Balaban J connectivity index is 1.67. The molecule has 0 bridgehead atoms. The molecule has 0 aliphatic heterocycles. The van der Waals surface area contributed by atoms with Crippen molar-refractivity contribution in [3.05, 3.63) is 65.5 Å². The molecule has 3 atom stereocenters. The van der Waals surface area contributed by atoms with E-state index in [1.807, 2.05) is 0 Å². The summed E-state index contributed by atoms with van der Waals surface area (Å²) in [6.07, 6.45) is 7.20. The van der Waals surface area contributed by atoms with Crippen LogP contribution < -0.4 is 33.6 Å². The number of hydrogen-bond acceptors (Lipinski definition) is 5. The lowest BCUT2D eigenvalue weighted by atomic mass is 9.85. The maximum atomic E-state index is 13.3. The normalized spacial score (nSPS) is 15.8. The van der Waals surface area contributed by atoms with Crippen LogP contribution in [0.15, 0.2) is 53.5 Å². The van der Waals surface area contributed by atoms with E-state index in [9.17, 15) is 18.8 Å². The van der Waals surface area contributed by atoms with Crippen LogP contribution in [0.1, 0.15) is 56.1 Å². The van der Waals surface area contributed by atoms with Gasteiger partial charge in [-0.1, -0.05) is 56.4 Å². The minimum Gasteiger partial charge on any atom is -0.370 e. The summed E-state index contributed by atoms with van der Waals surface area (Å²) in [6.45, 7) is 0. The molecule has 1 fully saturated rings. The Hall–Kier alpha value is -3.99. The van der Waals surface area contributed by atoms with Crippen molar-refractivity contribution in [2.45, 2.75) is 75.9 Å². The van der Waals surface area contributed by atoms with Crippen molar-refractivity contribution in [1.29, 1.82) is 0 Å². The number of primary amides is 1. The number of rotatable bonds is 13. The van der Waals surface area contributed by atoms with E-state index in [0.717, 1.165) is 37.7 Å². The summed E-state index contributed by atoms with van der Waals surface area (Å²) in [6, 6.07) is 9.76. The zero-order chi connectivity index (χ0) is 29.1. The molecule has 10 nitrogen and oxygen atoms in total. The highest BCUT2D eigenvalue weighted by Gasteiger charge is 2.28. The van der Waals surface area contributed by atoms with Gasteiger partial charge in [0.25, 0.3) is 0 Å². The first-order chi connectivity index (χ1) is 19.1. The Bertz CT molecular complexity index is 1160. The van der Waals surface area contributed by atoms with Gasteiger partial charge < -0.3 is 33.6 Å². The molecule has 0 aromatic heterocycles. The van der Waals surface area contributed by atoms with E-state index in [-0.39, 0.29) is 18.8 Å². The van der Waals surface area contributed by atoms with Crippen molar-refractivity contribution in [3.63, 3.8) is 0 Å². The predicted octanol–water partition coefficient (Wildman–Crippen LogP) is 1.66. The quantitative estimate of drug-likeness (QED) is 0.161. The Morgan fingerprint density at radius 1 is 0.825 bits per heavy atom. The molecule has 10 N–H and O–H groups in total. The number of nitrogens with zero attached hydrogens (tertiary/aromatic N) is 1. The van der Waals surface area contributed by atoms with E-state index in [1.54, 1.807) is 24.3 Å². The minimum absolute atomic E-state index is 0.0578. The maximum Gasteiger partial charge on any atom is 0.243 e. The fourth-order valence-corrected chi connectivity index (χ4v) is 4.98. The number of nitrogens with two attached hydrogens (primary N) is 4. The fourth-order valence-electron chi connectivity index (χ4n) is 4.98. The molecule has 40 heavy (non-hydrogen) atoms. The van der Waals surface area contributed by atoms with Crippen LogP contribution in [0.25, 0.3) is 0 Å². The van der Waals surface area contributed by atoms with Crippen molar-refractivity contribution >= 4 is 29.4 Å². The second-order valence-corrected chi connectivity index (χ2v) is 10.5. The van der Waals surface area contributed by atoms with Crippen LogP contribution in [0.2, 0.25) is 0 Å². The molecule has 0 unspecified atom stereocenters. The molecule has 1 aliphatic rings. The van der Waals surface area contributed by atoms with Gasteiger partial charge in [0.2, 0.25) is 17.7 Å². The van der Waals surface area contributed by atoms with Gasteiger partial charge in [-0.05, 0) is 60.6 Å².